The van der Waals surface area contributed by atoms with Gasteiger partial charge in [-0.2, -0.15) is 0 Å². The minimum Gasteiger partial charge on any atom is -0.326 e. The number of nitrogens with zero attached hydrogens (tertiary/aromatic N) is 2. The molecule has 2 aromatic rings. The Morgan fingerprint density at radius 3 is 2.32 bits per heavy atom. The molecular weight excluding hydrogens is 327 g/mol. The van der Waals surface area contributed by atoms with Gasteiger partial charge in [0, 0.05) is 18.1 Å². The van der Waals surface area contributed by atoms with Crippen molar-refractivity contribution in [3.8, 4) is 0 Å². The molecule has 0 saturated carbocycles. The van der Waals surface area contributed by atoms with Crippen molar-refractivity contribution in [2.24, 2.45) is 0 Å². The lowest BCUT2D eigenvalue weighted by atomic mass is 10.3. The minimum absolute atomic E-state index is 0.151. The van der Waals surface area contributed by atoms with Crippen molar-refractivity contribution in [1.29, 1.82) is 0 Å². The first-order valence-electron chi connectivity index (χ1n) is 6.27. The summed E-state index contributed by atoms with van der Waals surface area (Å²) in [5, 5.41) is 5.69. The summed E-state index contributed by atoms with van der Waals surface area (Å²) in [5.41, 5.74) is 1.33. The predicted molar refractivity (Wildman–Crippen MR) is 85.1 cm³/mol. The number of halogens is 2. The quantitative estimate of drug-likeness (QED) is 0.839. The first-order chi connectivity index (χ1) is 10.4. The summed E-state index contributed by atoms with van der Waals surface area (Å²) in [6.45, 7) is 1.83. The lowest BCUT2D eigenvalue weighted by Crippen LogP contribution is -2.22. The molecule has 8 heteroatoms. The summed E-state index contributed by atoms with van der Waals surface area (Å²) in [7, 11) is 0. The standard InChI is InChI=1S/C14H12Cl2N4O2/c1-8-6-17-14(18-7-8)20-13(22)5-12(21)19-9-2-3-10(15)11(16)4-9/h2-4,6-7H,5H2,1H3,(H,19,21)(H,17,18,20,22). The van der Waals surface area contributed by atoms with Crippen molar-refractivity contribution >= 4 is 46.7 Å². The van der Waals surface area contributed by atoms with Crippen LogP contribution in [0.2, 0.25) is 10.0 Å². The number of nitrogens with one attached hydrogen (secondary N) is 2. The highest BCUT2D eigenvalue weighted by molar-refractivity contribution is 6.42. The first-order valence-corrected chi connectivity index (χ1v) is 7.03. The number of anilines is 2. The third-order valence-electron chi connectivity index (χ3n) is 2.56. The largest absolute Gasteiger partial charge is 0.326 e. The fourth-order valence-electron chi connectivity index (χ4n) is 1.55. The zero-order valence-electron chi connectivity index (χ0n) is 11.6. The van der Waals surface area contributed by atoms with Gasteiger partial charge in [0.25, 0.3) is 0 Å². The lowest BCUT2D eigenvalue weighted by Gasteiger charge is -2.06. The maximum absolute atomic E-state index is 11.8. The van der Waals surface area contributed by atoms with Crippen molar-refractivity contribution in [3.05, 3.63) is 46.2 Å². The molecule has 114 valence electrons. The summed E-state index contributed by atoms with van der Waals surface area (Å²) < 4.78 is 0. The molecule has 1 aromatic heterocycles. The number of aromatic nitrogens is 2. The Morgan fingerprint density at radius 1 is 1.05 bits per heavy atom. The van der Waals surface area contributed by atoms with Gasteiger partial charge in [-0.05, 0) is 30.7 Å². The highest BCUT2D eigenvalue weighted by Crippen LogP contribution is 2.25. The average molecular weight is 339 g/mol. The molecule has 0 saturated heterocycles. The number of rotatable bonds is 4. The molecule has 2 amide bonds. The van der Waals surface area contributed by atoms with E-state index in [0.29, 0.717) is 15.7 Å². The van der Waals surface area contributed by atoms with Crippen LogP contribution in [0.3, 0.4) is 0 Å². The van der Waals surface area contributed by atoms with Crippen LogP contribution in [-0.4, -0.2) is 21.8 Å². The molecule has 0 aliphatic carbocycles. The molecule has 1 heterocycles. The highest BCUT2D eigenvalue weighted by Gasteiger charge is 2.11. The zero-order valence-corrected chi connectivity index (χ0v) is 13.1. The van der Waals surface area contributed by atoms with Crippen LogP contribution in [-0.2, 0) is 9.59 Å². The van der Waals surface area contributed by atoms with E-state index in [1.165, 1.54) is 6.07 Å². The number of amides is 2. The van der Waals surface area contributed by atoms with E-state index in [0.717, 1.165) is 5.56 Å². The van der Waals surface area contributed by atoms with Gasteiger partial charge in [0.15, 0.2) is 0 Å². The Kier molecular flexibility index (Phi) is 5.30. The molecule has 0 aliphatic rings. The molecule has 0 aliphatic heterocycles. The van der Waals surface area contributed by atoms with Crippen LogP contribution in [0, 0.1) is 6.92 Å². The maximum Gasteiger partial charge on any atom is 0.236 e. The van der Waals surface area contributed by atoms with E-state index in [9.17, 15) is 9.59 Å². The molecule has 6 nitrogen and oxygen atoms in total. The molecule has 2 N–H and O–H groups in total. The summed E-state index contributed by atoms with van der Waals surface area (Å²) in [4.78, 5) is 31.3. The third kappa shape index (κ3) is 4.68. The molecule has 0 fully saturated rings. The van der Waals surface area contributed by atoms with Crippen molar-refractivity contribution < 1.29 is 9.59 Å². The number of carbonyl (C=O) groups is 2. The molecule has 0 radical (unpaired) electrons. The van der Waals surface area contributed by atoms with E-state index in [4.69, 9.17) is 23.2 Å². The van der Waals surface area contributed by atoms with Crippen LogP contribution in [0.15, 0.2) is 30.6 Å². The third-order valence-corrected chi connectivity index (χ3v) is 3.30. The first kappa shape index (κ1) is 16.2. The predicted octanol–water partition coefficient (Wildman–Crippen LogP) is 3.06. The van der Waals surface area contributed by atoms with Crippen LogP contribution in [0.1, 0.15) is 12.0 Å². The minimum atomic E-state index is -0.513. The molecule has 2 rings (SSSR count). The van der Waals surface area contributed by atoms with Gasteiger partial charge >= 0.3 is 0 Å². The zero-order chi connectivity index (χ0) is 16.1. The van der Waals surface area contributed by atoms with Crippen LogP contribution in [0.5, 0.6) is 0 Å². The summed E-state index contributed by atoms with van der Waals surface area (Å²) in [5.74, 6) is -0.845. The topological polar surface area (TPSA) is 84.0 Å². The van der Waals surface area contributed by atoms with Crippen molar-refractivity contribution in [1.82, 2.24) is 9.97 Å². The van der Waals surface area contributed by atoms with E-state index in [-0.39, 0.29) is 12.4 Å². The second-order valence-electron chi connectivity index (χ2n) is 4.49. The van der Waals surface area contributed by atoms with Crippen LogP contribution in [0.25, 0.3) is 0 Å². The molecule has 1 aromatic carbocycles. The number of hydrogen-bond acceptors (Lipinski definition) is 4. The molecular formula is C14H12Cl2N4O2. The van der Waals surface area contributed by atoms with Crippen LogP contribution in [0.4, 0.5) is 11.6 Å². The van der Waals surface area contributed by atoms with E-state index in [2.05, 4.69) is 20.6 Å². The SMILES string of the molecule is Cc1cnc(NC(=O)CC(=O)Nc2ccc(Cl)c(Cl)c2)nc1. The molecule has 0 unspecified atom stereocenters. The van der Waals surface area contributed by atoms with Crippen molar-refractivity contribution in [2.75, 3.05) is 10.6 Å². The second-order valence-corrected chi connectivity index (χ2v) is 5.30. The van der Waals surface area contributed by atoms with Gasteiger partial charge in [-0.1, -0.05) is 23.2 Å². The number of aryl methyl sites for hydroxylation is 1. The summed E-state index contributed by atoms with van der Waals surface area (Å²) in [6.07, 6.45) is 2.77. The summed E-state index contributed by atoms with van der Waals surface area (Å²) >= 11 is 11.6. The monoisotopic (exact) mass is 338 g/mol. The Morgan fingerprint density at radius 2 is 1.68 bits per heavy atom. The van der Waals surface area contributed by atoms with Gasteiger partial charge in [0.2, 0.25) is 17.8 Å². The molecule has 22 heavy (non-hydrogen) atoms. The van der Waals surface area contributed by atoms with E-state index >= 15 is 0 Å². The molecule has 0 atom stereocenters. The molecule has 0 spiro atoms. The van der Waals surface area contributed by atoms with Crippen LogP contribution < -0.4 is 10.6 Å². The Balaban J connectivity index is 1.89. The van der Waals surface area contributed by atoms with Gasteiger partial charge in [0.1, 0.15) is 6.42 Å². The van der Waals surface area contributed by atoms with Gasteiger partial charge < -0.3 is 5.32 Å². The van der Waals surface area contributed by atoms with E-state index < -0.39 is 11.8 Å². The second kappa shape index (κ2) is 7.20. The van der Waals surface area contributed by atoms with Crippen molar-refractivity contribution in [3.63, 3.8) is 0 Å². The Bertz CT molecular complexity index is 704. The average Bonchev–Trinajstić information content (AvgIpc) is 2.45. The number of hydrogen-bond donors (Lipinski definition) is 2. The Hall–Kier alpha value is -2.18. The number of carbonyl (C=O) groups excluding carboxylic acids is 2. The van der Waals surface area contributed by atoms with Gasteiger partial charge in [-0.3, -0.25) is 14.9 Å². The lowest BCUT2D eigenvalue weighted by molar-refractivity contribution is -0.123. The van der Waals surface area contributed by atoms with Crippen molar-refractivity contribution in [2.45, 2.75) is 13.3 Å². The van der Waals surface area contributed by atoms with Gasteiger partial charge in [-0.25, -0.2) is 9.97 Å². The molecule has 0 bridgehead atoms. The Labute approximate surface area is 136 Å². The number of benzene rings is 1. The van der Waals surface area contributed by atoms with E-state index in [1.807, 2.05) is 6.92 Å². The highest BCUT2D eigenvalue weighted by atomic mass is 35.5. The van der Waals surface area contributed by atoms with E-state index in [1.54, 1.807) is 24.5 Å². The maximum atomic E-state index is 11.8. The fourth-order valence-corrected chi connectivity index (χ4v) is 1.85. The van der Waals surface area contributed by atoms with Crippen LogP contribution >= 0.6 is 23.2 Å². The normalized spacial score (nSPS) is 10.1. The van der Waals surface area contributed by atoms with Gasteiger partial charge in [0.05, 0.1) is 10.0 Å². The summed E-state index contributed by atoms with van der Waals surface area (Å²) in [6, 6.07) is 4.65. The van der Waals surface area contributed by atoms with Gasteiger partial charge in [-0.15, -0.1) is 0 Å². The smallest absolute Gasteiger partial charge is 0.236 e. The fraction of sp³-hybridized carbons (Fsp3) is 0.143.